The lowest BCUT2D eigenvalue weighted by Crippen LogP contribution is -2.20. The van der Waals surface area contributed by atoms with Crippen molar-refractivity contribution in [2.45, 2.75) is 6.92 Å². The van der Waals surface area contributed by atoms with Crippen molar-refractivity contribution in [1.82, 2.24) is 0 Å². The summed E-state index contributed by atoms with van der Waals surface area (Å²) in [6.07, 6.45) is 1.33. The molecule has 0 saturated carbocycles. The Morgan fingerprint density at radius 2 is 1.74 bits per heavy atom. The Morgan fingerprint density at radius 3 is 2.37 bits per heavy atom. The number of aryl methyl sites for hydroxylation is 1. The van der Waals surface area contributed by atoms with Crippen LogP contribution in [0.4, 0.5) is 11.4 Å². The van der Waals surface area contributed by atoms with Gasteiger partial charge in [0.25, 0.3) is 11.8 Å². The molecule has 10 heteroatoms. The largest absolute Gasteiger partial charge is 0.493 e. The number of esters is 1. The summed E-state index contributed by atoms with van der Waals surface area (Å²) in [5.74, 6) is -1.21. The molecule has 0 saturated heterocycles. The van der Waals surface area contributed by atoms with E-state index in [1.165, 1.54) is 56.7 Å². The number of nitrogens with zero attached hydrogens (tertiary/aromatic N) is 1. The van der Waals surface area contributed by atoms with Gasteiger partial charge < -0.3 is 24.8 Å². The standard InChI is InChI=1S/C28H24ClN3O6/c1-17-5-4-6-22(11-17)31-25(33)16-38-26-23(29)13-18(14-24(26)36-2)12-20(15-30)27(34)32-21-9-7-19(8-10-21)28(35)37-3/h4-14H,16H2,1-3H3,(H,31,33)(H,32,34)/b20-12+. The zero-order valence-electron chi connectivity index (χ0n) is 20.8. The van der Waals surface area contributed by atoms with Gasteiger partial charge in [-0.3, -0.25) is 9.59 Å². The van der Waals surface area contributed by atoms with E-state index in [-0.39, 0.29) is 34.6 Å². The van der Waals surface area contributed by atoms with E-state index in [0.717, 1.165) is 5.56 Å². The van der Waals surface area contributed by atoms with Crippen molar-refractivity contribution < 1.29 is 28.6 Å². The summed E-state index contributed by atoms with van der Waals surface area (Å²) < 4.78 is 15.6. The number of halogens is 1. The van der Waals surface area contributed by atoms with Crippen LogP contribution in [0.1, 0.15) is 21.5 Å². The fraction of sp³-hybridized carbons (Fsp3) is 0.143. The summed E-state index contributed by atoms with van der Waals surface area (Å²) >= 11 is 6.38. The first-order chi connectivity index (χ1) is 18.2. The molecule has 2 amide bonds. The van der Waals surface area contributed by atoms with Crippen LogP contribution in [0.3, 0.4) is 0 Å². The highest BCUT2D eigenvalue weighted by atomic mass is 35.5. The maximum absolute atomic E-state index is 12.7. The van der Waals surface area contributed by atoms with Crippen molar-refractivity contribution in [3.05, 3.63) is 87.9 Å². The number of carbonyl (C=O) groups excluding carboxylic acids is 3. The van der Waals surface area contributed by atoms with Crippen LogP contribution in [0, 0.1) is 18.3 Å². The van der Waals surface area contributed by atoms with E-state index in [1.807, 2.05) is 31.2 Å². The zero-order chi connectivity index (χ0) is 27.7. The molecule has 0 aromatic heterocycles. The highest BCUT2D eigenvalue weighted by molar-refractivity contribution is 6.32. The lowest BCUT2D eigenvalue weighted by molar-refractivity contribution is -0.118. The molecule has 0 aliphatic rings. The van der Waals surface area contributed by atoms with Gasteiger partial charge in [-0.2, -0.15) is 5.26 Å². The van der Waals surface area contributed by atoms with Crippen molar-refractivity contribution >= 4 is 46.8 Å². The molecule has 0 atom stereocenters. The van der Waals surface area contributed by atoms with Crippen LogP contribution in [-0.4, -0.2) is 38.6 Å². The van der Waals surface area contributed by atoms with Gasteiger partial charge in [0.1, 0.15) is 11.6 Å². The van der Waals surface area contributed by atoms with Gasteiger partial charge in [0.15, 0.2) is 18.1 Å². The molecule has 3 rings (SSSR count). The molecule has 9 nitrogen and oxygen atoms in total. The van der Waals surface area contributed by atoms with Crippen LogP contribution in [0.5, 0.6) is 11.5 Å². The maximum atomic E-state index is 12.7. The molecule has 194 valence electrons. The lowest BCUT2D eigenvalue weighted by Gasteiger charge is -2.14. The number of benzene rings is 3. The number of methoxy groups -OCH3 is 2. The summed E-state index contributed by atoms with van der Waals surface area (Å²) in [5.41, 5.74) is 2.53. The van der Waals surface area contributed by atoms with Crippen molar-refractivity contribution in [1.29, 1.82) is 5.26 Å². The second-order valence-electron chi connectivity index (χ2n) is 7.93. The quantitative estimate of drug-likeness (QED) is 0.225. The van der Waals surface area contributed by atoms with Crippen LogP contribution in [0.2, 0.25) is 5.02 Å². The van der Waals surface area contributed by atoms with Gasteiger partial charge in [0.05, 0.1) is 24.8 Å². The number of nitriles is 1. The molecule has 0 bridgehead atoms. The third-order valence-electron chi connectivity index (χ3n) is 5.14. The molecule has 38 heavy (non-hydrogen) atoms. The fourth-order valence-electron chi connectivity index (χ4n) is 3.34. The molecule has 0 unspecified atom stereocenters. The average Bonchev–Trinajstić information content (AvgIpc) is 2.90. The number of ether oxygens (including phenoxy) is 3. The van der Waals surface area contributed by atoms with Crippen LogP contribution < -0.4 is 20.1 Å². The number of carbonyl (C=O) groups is 3. The van der Waals surface area contributed by atoms with Gasteiger partial charge in [0, 0.05) is 11.4 Å². The van der Waals surface area contributed by atoms with Crippen LogP contribution in [-0.2, 0) is 14.3 Å². The number of rotatable bonds is 9. The number of hydrogen-bond donors (Lipinski definition) is 2. The number of hydrogen-bond acceptors (Lipinski definition) is 7. The maximum Gasteiger partial charge on any atom is 0.337 e. The predicted molar refractivity (Wildman–Crippen MR) is 143 cm³/mol. The van der Waals surface area contributed by atoms with Gasteiger partial charge in [0.2, 0.25) is 0 Å². The molecule has 3 aromatic rings. The van der Waals surface area contributed by atoms with E-state index >= 15 is 0 Å². The highest BCUT2D eigenvalue weighted by Crippen LogP contribution is 2.37. The van der Waals surface area contributed by atoms with Crippen LogP contribution >= 0.6 is 11.6 Å². The third-order valence-corrected chi connectivity index (χ3v) is 5.42. The first-order valence-corrected chi connectivity index (χ1v) is 11.6. The summed E-state index contributed by atoms with van der Waals surface area (Å²) in [6.45, 7) is 1.59. The minimum Gasteiger partial charge on any atom is -0.493 e. The molecule has 3 aromatic carbocycles. The van der Waals surface area contributed by atoms with E-state index in [4.69, 9.17) is 21.1 Å². The monoisotopic (exact) mass is 533 g/mol. The lowest BCUT2D eigenvalue weighted by atomic mass is 10.1. The predicted octanol–water partition coefficient (Wildman–Crippen LogP) is 5.01. The van der Waals surface area contributed by atoms with Crippen molar-refractivity contribution in [3.8, 4) is 17.6 Å². The van der Waals surface area contributed by atoms with Gasteiger partial charge >= 0.3 is 5.97 Å². The first-order valence-electron chi connectivity index (χ1n) is 11.2. The topological polar surface area (TPSA) is 127 Å². The Labute approximate surface area is 224 Å². The van der Waals surface area contributed by atoms with E-state index in [9.17, 15) is 19.6 Å². The van der Waals surface area contributed by atoms with E-state index in [1.54, 1.807) is 6.07 Å². The van der Waals surface area contributed by atoms with Gasteiger partial charge in [-0.25, -0.2) is 4.79 Å². The Balaban J connectivity index is 1.72. The van der Waals surface area contributed by atoms with E-state index < -0.39 is 11.9 Å². The van der Waals surface area contributed by atoms with E-state index in [2.05, 4.69) is 15.4 Å². The molecule has 0 fully saturated rings. The Kier molecular flexibility index (Phi) is 9.46. The minimum atomic E-state index is -0.665. The molecule has 0 spiro atoms. The normalized spacial score (nSPS) is 10.7. The SMILES string of the molecule is COC(=O)c1ccc(NC(=O)/C(C#N)=C/c2cc(Cl)c(OCC(=O)Nc3cccc(C)c3)c(OC)c2)cc1. The van der Waals surface area contributed by atoms with Crippen molar-refractivity contribution in [2.75, 3.05) is 31.5 Å². The first kappa shape index (κ1) is 27.8. The Hall–Kier alpha value is -4.81. The van der Waals surface area contributed by atoms with Crippen molar-refractivity contribution in [2.24, 2.45) is 0 Å². The molecule has 0 heterocycles. The average molecular weight is 534 g/mol. The fourth-order valence-corrected chi connectivity index (χ4v) is 3.62. The third kappa shape index (κ3) is 7.35. The summed E-state index contributed by atoms with van der Waals surface area (Å²) in [7, 11) is 2.67. The van der Waals surface area contributed by atoms with Crippen LogP contribution in [0.25, 0.3) is 6.08 Å². The van der Waals surface area contributed by atoms with Gasteiger partial charge in [-0.05, 0) is 72.7 Å². The molecule has 2 N–H and O–H groups in total. The molecular weight excluding hydrogens is 510 g/mol. The summed E-state index contributed by atoms with van der Waals surface area (Å²) in [6, 6.07) is 18.2. The summed E-state index contributed by atoms with van der Waals surface area (Å²) in [4.78, 5) is 36.5. The minimum absolute atomic E-state index is 0.120. The van der Waals surface area contributed by atoms with Gasteiger partial charge in [-0.1, -0.05) is 23.7 Å². The Morgan fingerprint density at radius 1 is 1.00 bits per heavy atom. The molecule has 0 aliphatic carbocycles. The second kappa shape index (κ2) is 12.9. The van der Waals surface area contributed by atoms with Gasteiger partial charge in [-0.15, -0.1) is 0 Å². The molecular formula is C28H24ClN3O6. The number of amides is 2. The Bertz CT molecular complexity index is 1430. The zero-order valence-corrected chi connectivity index (χ0v) is 21.6. The summed E-state index contributed by atoms with van der Waals surface area (Å²) in [5, 5.41) is 15.0. The second-order valence-corrected chi connectivity index (χ2v) is 8.34. The van der Waals surface area contributed by atoms with E-state index in [0.29, 0.717) is 22.5 Å². The smallest absolute Gasteiger partial charge is 0.337 e. The van der Waals surface area contributed by atoms with Crippen LogP contribution in [0.15, 0.2) is 66.2 Å². The number of anilines is 2. The molecule has 0 aliphatic heterocycles. The molecule has 0 radical (unpaired) electrons. The highest BCUT2D eigenvalue weighted by Gasteiger charge is 2.16. The number of nitrogens with one attached hydrogen (secondary N) is 2. The van der Waals surface area contributed by atoms with Crippen molar-refractivity contribution in [3.63, 3.8) is 0 Å².